The summed E-state index contributed by atoms with van der Waals surface area (Å²) in [5.74, 6) is 3.38. The molecule has 0 radical (unpaired) electrons. The fraction of sp³-hybridized carbons (Fsp3) is 0.577. The molecule has 1 atom stereocenters. The van der Waals surface area contributed by atoms with Gasteiger partial charge in [0.05, 0.1) is 12.5 Å². The van der Waals surface area contributed by atoms with Gasteiger partial charge in [0.2, 0.25) is 5.91 Å². The number of rotatable bonds is 7. The third kappa shape index (κ3) is 5.54. The molecule has 0 aliphatic carbocycles. The van der Waals surface area contributed by atoms with E-state index in [-0.39, 0.29) is 5.92 Å². The van der Waals surface area contributed by atoms with Crippen molar-refractivity contribution in [1.29, 1.82) is 0 Å². The van der Waals surface area contributed by atoms with Crippen LogP contribution < -0.4 is 4.74 Å². The summed E-state index contributed by atoms with van der Waals surface area (Å²) in [6, 6.07) is 10.7. The van der Waals surface area contributed by atoms with E-state index in [1.165, 1.54) is 11.1 Å². The van der Waals surface area contributed by atoms with E-state index >= 15 is 0 Å². The highest BCUT2D eigenvalue weighted by molar-refractivity contribution is 5.79. The molecule has 32 heavy (non-hydrogen) atoms. The topological polar surface area (TPSA) is 49.2 Å². The highest BCUT2D eigenvalue weighted by Gasteiger charge is 2.28. The molecule has 1 amide bonds. The van der Waals surface area contributed by atoms with Gasteiger partial charge in [-0.3, -0.25) is 14.6 Å². The molecule has 0 unspecified atom stereocenters. The Bertz CT molecular complexity index is 905. The average molecular weight is 440 g/mol. The molecular formula is C26H37N3O3. The number of hydrogen-bond acceptors (Lipinski definition) is 5. The Kier molecular flexibility index (Phi) is 7.53. The van der Waals surface area contributed by atoms with Crippen LogP contribution in [0.2, 0.25) is 0 Å². The van der Waals surface area contributed by atoms with Crippen LogP contribution in [0.25, 0.3) is 0 Å². The second-order valence-corrected chi connectivity index (χ2v) is 9.10. The minimum atomic E-state index is 0.125. The third-order valence-corrected chi connectivity index (χ3v) is 6.70. The maximum absolute atomic E-state index is 12.8. The van der Waals surface area contributed by atoms with Crippen LogP contribution in [-0.2, 0) is 24.4 Å². The summed E-state index contributed by atoms with van der Waals surface area (Å²) in [5, 5.41) is 0. The first-order valence-corrected chi connectivity index (χ1v) is 12.1. The first-order chi connectivity index (χ1) is 15.6. The van der Waals surface area contributed by atoms with Crippen molar-refractivity contribution in [3.8, 4) is 5.75 Å². The van der Waals surface area contributed by atoms with E-state index in [9.17, 15) is 4.79 Å². The van der Waals surface area contributed by atoms with Gasteiger partial charge in [-0.05, 0) is 70.0 Å². The van der Waals surface area contributed by atoms with E-state index < -0.39 is 0 Å². The van der Waals surface area contributed by atoms with Gasteiger partial charge in [-0.1, -0.05) is 6.07 Å². The molecule has 1 aromatic carbocycles. The van der Waals surface area contributed by atoms with Gasteiger partial charge < -0.3 is 14.1 Å². The van der Waals surface area contributed by atoms with Crippen LogP contribution in [0.1, 0.15) is 49.3 Å². The second-order valence-electron chi connectivity index (χ2n) is 9.10. The Balaban J connectivity index is 1.40. The molecule has 6 nitrogen and oxygen atoms in total. The number of carbonyl (C=O) groups is 1. The number of nitrogens with zero attached hydrogens (tertiary/aromatic N) is 3. The Morgan fingerprint density at radius 3 is 2.69 bits per heavy atom. The number of furan rings is 1. The summed E-state index contributed by atoms with van der Waals surface area (Å²) in [5.41, 5.74) is 2.52. The molecule has 6 heteroatoms. The number of piperidine rings is 1. The smallest absolute Gasteiger partial charge is 0.226 e. The molecule has 4 rings (SSSR count). The first kappa shape index (κ1) is 22.9. The fourth-order valence-electron chi connectivity index (χ4n) is 4.98. The van der Waals surface area contributed by atoms with Crippen LogP contribution in [0.5, 0.6) is 5.75 Å². The van der Waals surface area contributed by atoms with E-state index in [0.29, 0.717) is 12.5 Å². The summed E-state index contributed by atoms with van der Waals surface area (Å²) in [6.45, 7) is 13.7. The SMILES string of the molecule is CCN(CC)C(=O)[C@H]1CCCN(Cc2ccc3c(c2)CN(Cc2ccc(C)o2)CCO3)C1. The lowest BCUT2D eigenvalue weighted by Crippen LogP contribution is -2.44. The lowest BCUT2D eigenvalue weighted by atomic mass is 9.95. The fourth-order valence-corrected chi connectivity index (χ4v) is 4.98. The van der Waals surface area contributed by atoms with Crippen LogP contribution >= 0.6 is 0 Å². The number of amides is 1. The van der Waals surface area contributed by atoms with Crippen LogP contribution in [-0.4, -0.2) is 59.9 Å². The van der Waals surface area contributed by atoms with Gasteiger partial charge in [0.15, 0.2) is 0 Å². The lowest BCUT2D eigenvalue weighted by Gasteiger charge is -2.34. The van der Waals surface area contributed by atoms with Gasteiger partial charge in [-0.25, -0.2) is 0 Å². The number of benzene rings is 1. The van der Waals surface area contributed by atoms with Crippen LogP contribution in [0.3, 0.4) is 0 Å². The highest BCUT2D eigenvalue weighted by Crippen LogP contribution is 2.27. The van der Waals surface area contributed by atoms with Gasteiger partial charge in [0, 0.05) is 44.8 Å². The number of aryl methyl sites for hydroxylation is 1. The van der Waals surface area contributed by atoms with Crippen molar-refractivity contribution in [2.75, 3.05) is 39.3 Å². The number of fused-ring (bicyclic) bond motifs is 1. The summed E-state index contributed by atoms with van der Waals surface area (Å²) in [7, 11) is 0. The van der Waals surface area contributed by atoms with E-state index in [2.05, 4.69) is 47.9 Å². The Morgan fingerprint density at radius 1 is 1.09 bits per heavy atom. The van der Waals surface area contributed by atoms with Crippen molar-refractivity contribution in [3.63, 3.8) is 0 Å². The normalized spacial score (nSPS) is 19.8. The van der Waals surface area contributed by atoms with E-state index in [1.807, 2.05) is 17.9 Å². The maximum atomic E-state index is 12.8. The standard InChI is InChI=1S/C26H37N3O3/c1-4-29(5-2)26(30)22-7-6-12-27(17-22)16-21-9-11-25-23(15-21)18-28(13-14-31-25)19-24-10-8-20(3)32-24/h8-11,15,22H,4-7,12-14,16-19H2,1-3H3/t22-/m0/s1. The minimum absolute atomic E-state index is 0.125. The van der Waals surface area contributed by atoms with E-state index in [1.54, 1.807) is 0 Å². The predicted octanol–water partition coefficient (Wildman–Crippen LogP) is 4.06. The van der Waals surface area contributed by atoms with Crippen molar-refractivity contribution in [2.24, 2.45) is 5.92 Å². The molecule has 0 N–H and O–H groups in total. The van der Waals surface area contributed by atoms with E-state index in [4.69, 9.17) is 9.15 Å². The molecule has 2 aliphatic heterocycles. The molecule has 1 saturated heterocycles. The van der Waals surface area contributed by atoms with Crippen molar-refractivity contribution in [3.05, 3.63) is 53.0 Å². The highest BCUT2D eigenvalue weighted by atomic mass is 16.5. The van der Waals surface area contributed by atoms with Crippen molar-refractivity contribution in [2.45, 2.75) is 53.2 Å². The van der Waals surface area contributed by atoms with Crippen molar-refractivity contribution >= 4 is 5.91 Å². The summed E-state index contributed by atoms with van der Waals surface area (Å²) in [4.78, 5) is 19.6. The first-order valence-electron chi connectivity index (χ1n) is 12.1. The largest absolute Gasteiger partial charge is 0.492 e. The van der Waals surface area contributed by atoms with E-state index in [0.717, 1.165) is 82.5 Å². The molecule has 1 fully saturated rings. The Morgan fingerprint density at radius 2 is 1.94 bits per heavy atom. The Labute approximate surface area is 192 Å². The average Bonchev–Trinajstić information content (AvgIpc) is 3.09. The molecule has 174 valence electrons. The zero-order valence-electron chi connectivity index (χ0n) is 19.8. The number of carbonyl (C=O) groups excluding carboxylic acids is 1. The number of likely N-dealkylation sites (tertiary alicyclic amines) is 1. The quantitative estimate of drug-likeness (QED) is 0.651. The lowest BCUT2D eigenvalue weighted by molar-refractivity contribution is -0.137. The van der Waals surface area contributed by atoms with Gasteiger partial charge in [-0.15, -0.1) is 0 Å². The summed E-state index contributed by atoms with van der Waals surface area (Å²) < 4.78 is 11.8. The van der Waals surface area contributed by atoms with Crippen molar-refractivity contribution in [1.82, 2.24) is 14.7 Å². The van der Waals surface area contributed by atoms with Gasteiger partial charge in [0.1, 0.15) is 23.9 Å². The summed E-state index contributed by atoms with van der Waals surface area (Å²) in [6.07, 6.45) is 2.09. The molecule has 0 bridgehead atoms. The monoisotopic (exact) mass is 439 g/mol. The zero-order valence-corrected chi connectivity index (χ0v) is 19.8. The molecule has 1 aromatic heterocycles. The Hall–Kier alpha value is -2.31. The van der Waals surface area contributed by atoms with Crippen LogP contribution in [0, 0.1) is 12.8 Å². The van der Waals surface area contributed by atoms with Crippen LogP contribution in [0.4, 0.5) is 0 Å². The molecule has 2 aliphatic rings. The zero-order chi connectivity index (χ0) is 22.5. The van der Waals surface area contributed by atoms with Crippen molar-refractivity contribution < 1.29 is 13.9 Å². The molecule has 2 aromatic rings. The molecule has 3 heterocycles. The molecule has 0 saturated carbocycles. The predicted molar refractivity (Wildman–Crippen MR) is 125 cm³/mol. The minimum Gasteiger partial charge on any atom is -0.492 e. The maximum Gasteiger partial charge on any atom is 0.226 e. The van der Waals surface area contributed by atoms with Gasteiger partial charge in [0.25, 0.3) is 0 Å². The molecule has 0 spiro atoms. The van der Waals surface area contributed by atoms with Gasteiger partial charge >= 0.3 is 0 Å². The van der Waals surface area contributed by atoms with Crippen LogP contribution in [0.15, 0.2) is 34.7 Å². The second kappa shape index (κ2) is 10.5. The number of hydrogen-bond donors (Lipinski definition) is 0. The van der Waals surface area contributed by atoms with Gasteiger partial charge in [-0.2, -0.15) is 0 Å². The third-order valence-electron chi connectivity index (χ3n) is 6.70. The molecular weight excluding hydrogens is 402 g/mol. The number of ether oxygens (including phenoxy) is 1. The summed E-state index contributed by atoms with van der Waals surface area (Å²) >= 11 is 0.